The highest BCUT2D eigenvalue weighted by Crippen LogP contribution is 2.48. The second-order valence-electron chi connectivity index (χ2n) is 16.1. The summed E-state index contributed by atoms with van der Waals surface area (Å²) < 4.78 is 5.08. The summed E-state index contributed by atoms with van der Waals surface area (Å²) in [6.45, 7) is 0. The van der Waals surface area contributed by atoms with Gasteiger partial charge in [-0.1, -0.05) is 176 Å². The zero-order chi connectivity index (χ0) is 41.7. The summed E-state index contributed by atoms with van der Waals surface area (Å²) in [5, 5.41) is 5.08. The number of hydrogen-bond donors (Lipinski definition) is 0. The molecule has 12 aromatic rings. The van der Waals surface area contributed by atoms with Gasteiger partial charge in [-0.2, -0.15) is 0 Å². The number of rotatable bonds is 8. The van der Waals surface area contributed by atoms with Crippen LogP contribution in [0.5, 0.6) is 0 Å². The molecule has 10 aromatic carbocycles. The molecular weight excluding hydrogens is 781 g/mol. The van der Waals surface area contributed by atoms with E-state index in [1.54, 1.807) is 0 Å². The normalized spacial score (nSPS) is 11.5. The fourth-order valence-electron chi connectivity index (χ4n) is 9.38. The van der Waals surface area contributed by atoms with E-state index in [0.717, 1.165) is 22.7 Å². The number of thiophene rings is 1. The number of anilines is 3. The molecule has 0 saturated carbocycles. The molecule has 0 atom stereocenters. The number of benzene rings is 10. The van der Waals surface area contributed by atoms with Crippen LogP contribution in [0.3, 0.4) is 0 Å². The van der Waals surface area contributed by atoms with Crippen LogP contribution in [0.1, 0.15) is 0 Å². The first kappa shape index (κ1) is 36.8. The molecule has 2 heterocycles. The van der Waals surface area contributed by atoms with Gasteiger partial charge in [0.25, 0.3) is 0 Å². The summed E-state index contributed by atoms with van der Waals surface area (Å²) in [5.41, 5.74) is 16.6. The van der Waals surface area contributed by atoms with Gasteiger partial charge in [0, 0.05) is 59.3 Å². The molecule has 3 heteroatoms. The number of aromatic nitrogens is 1. The van der Waals surface area contributed by atoms with Crippen molar-refractivity contribution in [3.05, 3.63) is 243 Å². The van der Waals surface area contributed by atoms with Gasteiger partial charge in [0.05, 0.1) is 11.0 Å². The Bertz CT molecular complexity index is 3490. The lowest BCUT2D eigenvalue weighted by molar-refractivity contribution is 1.19. The van der Waals surface area contributed by atoms with Crippen molar-refractivity contribution in [2.24, 2.45) is 0 Å². The lowest BCUT2D eigenvalue weighted by Crippen LogP contribution is -2.09. The maximum Gasteiger partial charge on any atom is 0.0634 e. The minimum absolute atomic E-state index is 1.10. The Hall–Kier alpha value is -7.98. The van der Waals surface area contributed by atoms with Gasteiger partial charge in [-0.25, -0.2) is 0 Å². The van der Waals surface area contributed by atoms with Gasteiger partial charge in [0.2, 0.25) is 0 Å². The predicted octanol–water partition coefficient (Wildman–Crippen LogP) is 17.3. The van der Waals surface area contributed by atoms with Crippen LogP contribution in [0.2, 0.25) is 0 Å². The summed E-state index contributed by atoms with van der Waals surface area (Å²) in [6.07, 6.45) is 0. The zero-order valence-corrected chi connectivity index (χ0v) is 35.2. The van der Waals surface area contributed by atoms with Crippen LogP contribution < -0.4 is 4.90 Å². The predicted molar refractivity (Wildman–Crippen MR) is 270 cm³/mol. The smallest absolute Gasteiger partial charge is 0.0634 e. The van der Waals surface area contributed by atoms with Crippen molar-refractivity contribution in [2.45, 2.75) is 0 Å². The molecule has 0 bridgehead atoms. The Balaban J connectivity index is 1.02. The van der Waals surface area contributed by atoms with Crippen LogP contribution in [0.15, 0.2) is 243 Å². The quantitative estimate of drug-likeness (QED) is 0.148. The van der Waals surface area contributed by atoms with E-state index in [2.05, 4.69) is 252 Å². The molecule has 2 nitrogen and oxygen atoms in total. The van der Waals surface area contributed by atoms with Crippen molar-refractivity contribution in [1.29, 1.82) is 0 Å². The molecule has 0 aliphatic heterocycles. The van der Waals surface area contributed by atoms with Crippen LogP contribution in [-0.2, 0) is 0 Å². The van der Waals surface area contributed by atoms with Crippen molar-refractivity contribution in [3.63, 3.8) is 0 Å². The van der Waals surface area contributed by atoms with E-state index in [1.807, 2.05) is 11.3 Å². The number of hydrogen-bond acceptors (Lipinski definition) is 2. The van der Waals surface area contributed by atoms with E-state index in [9.17, 15) is 0 Å². The third-order valence-electron chi connectivity index (χ3n) is 12.4. The van der Waals surface area contributed by atoms with E-state index >= 15 is 0 Å². The molecule has 0 fully saturated rings. The first-order valence-electron chi connectivity index (χ1n) is 21.5. The highest BCUT2D eigenvalue weighted by Gasteiger charge is 2.22. The summed E-state index contributed by atoms with van der Waals surface area (Å²) in [7, 11) is 0. The van der Waals surface area contributed by atoms with Gasteiger partial charge in [-0.15, -0.1) is 11.3 Å². The molecule has 0 spiro atoms. The van der Waals surface area contributed by atoms with E-state index in [4.69, 9.17) is 0 Å². The first-order chi connectivity index (χ1) is 31.2. The summed E-state index contributed by atoms with van der Waals surface area (Å²) in [6, 6.07) is 88.2. The minimum Gasteiger partial charge on any atom is -0.311 e. The molecule has 0 saturated heterocycles. The molecule has 0 amide bonds. The van der Waals surface area contributed by atoms with E-state index in [1.165, 1.54) is 86.5 Å². The van der Waals surface area contributed by atoms with E-state index < -0.39 is 0 Å². The molecule has 2 aromatic heterocycles. The Labute approximate surface area is 370 Å². The van der Waals surface area contributed by atoms with Crippen LogP contribution in [-0.4, -0.2) is 4.57 Å². The largest absolute Gasteiger partial charge is 0.311 e. The monoisotopic (exact) mass is 820 g/mol. The molecule has 0 unspecified atom stereocenters. The third-order valence-corrected chi connectivity index (χ3v) is 13.6. The van der Waals surface area contributed by atoms with Gasteiger partial charge in [0.15, 0.2) is 0 Å². The Morgan fingerprint density at radius 3 is 1.38 bits per heavy atom. The van der Waals surface area contributed by atoms with Crippen molar-refractivity contribution < 1.29 is 0 Å². The second-order valence-corrected chi connectivity index (χ2v) is 17.2. The molecule has 12 rings (SSSR count). The molecule has 0 radical (unpaired) electrons. The van der Waals surface area contributed by atoms with Gasteiger partial charge in [-0.3, -0.25) is 0 Å². The lowest BCUT2D eigenvalue weighted by Gasteiger charge is -2.26. The topological polar surface area (TPSA) is 8.17 Å². The molecule has 63 heavy (non-hydrogen) atoms. The first-order valence-corrected chi connectivity index (χ1v) is 22.3. The fraction of sp³-hybridized carbons (Fsp3) is 0. The lowest BCUT2D eigenvalue weighted by atomic mass is 9.98. The van der Waals surface area contributed by atoms with Crippen LogP contribution >= 0.6 is 11.3 Å². The van der Waals surface area contributed by atoms with Crippen LogP contribution in [0.4, 0.5) is 17.1 Å². The molecular formula is C60H40N2S. The maximum absolute atomic E-state index is 2.50. The van der Waals surface area contributed by atoms with Crippen LogP contribution in [0.25, 0.3) is 92.2 Å². The highest BCUT2D eigenvalue weighted by atomic mass is 32.1. The summed E-state index contributed by atoms with van der Waals surface area (Å²) in [5.74, 6) is 0. The standard InChI is InChI=1S/C60H40N2S/c1-4-15-41(16-5-1)44-27-33-48(34-28-44)61(49-35-29-45(30-36-49)42-17-6-2-7-18-42)50-37-31-46(32-38-50)54-40-55-52-23-10-12-25-56(52)62(51-22-14-21-47(39-51)43-19-8-3-9-20-43)59(55)58-53-24-11-13-26-57(53)63-60(54)58/h1-40H. The number of nitrogens with zero attached hydrogens (tertiary/aromatic N) is 2. The maximum atomic E-state index is 2.50. The average molecular weight is 821 g/mol. The van der Waals surface area contributed by atoms with Gasteiger partial charge in [0.1, 0.15) is 0 Å². The Morgan fingerprint density at radius 2 is 0.794 bits per heavy atom. The highest BCUT2D eigenvalue weighted by molar-refractivity contribution is 7.26. The van der Waals surface area contributed by atoms with Gasteiger partial charge in [-0.05, 0) is 106 Å². The van der Waals surface area contributed by atoms with E-state index in [-0.39, 0.29) is 0 Å². The van der Waals surface area contributed by atoms with Crippen LogP contribution in [0, 0.1) is 0 Å². The van der Waals surface area contributed by atoms with Gasteiger partial charge >= 0.3 is 0 Å². The summed E-state index contributed by atoms with van der Waals surface area (Å²) in [4.78, 5) is 2.36. The fourth-order valence-corrected chi connectivity index (χ4v) is 10.6. The van der Waals surface area contributed by atoms with Crippen molar-refractivity contribution in [2.75, 3.05) is 4.90 Å². The van der Waals surface area contributed by atoms with Crippen molar-refractivity contribution in [3.8, 4) is 50.2 Å². The molecule has 0 N–H and O–H groups in total. The zero-order valence-electron chi connectivity index (χ0n) is 34.4. The average Bonchev–Trinajstić information content (AvgIpc) is 3.92. The Morgan fingerprint density at radius 1 is 0.333 bits per heavy atom. The molecule has 296 valence electrons. The molecule has 0 aliphatic carbocycles. The minimum atomic E-state index is 1.10. The second kappa shape index (κ2) is 15.5. The van der Waals surface area contributed by atoms with E-state index in [0.29, 0.717) is 0 Å². The number of fused-ring (bicyclic) bond motifs is 7. The SMILES string of the molecule is c1ccc(-c2ccc(N(c3ccc(-c4ccccc4)cc3)c3ccc(-c4cc5c6ccccc6n(-c6cccc(-c7ccccc7)c6)c5c5c4sc4ccccc45)cc3)cc2)cc1. The summed E-state index contributed by atoms with van der Waals surface area (Å²) >= 11 is 1.89. The van der Waals surface area contributed by atoms with Gasteiger partial charge < -0.3 is 9.47 Å². The van der Waals surface area contributed by atoms with Crippen molar-refractivity contribution in [1.82, 2.24) is 4.57 Å². The van der Waals surface area contributed by atoms with Crippen molar-refractivity contribution >= 4 is 70.4 Å². The molecule has 0 aliphatic rings. The Kier molecular flexibility index (Phi) is 9.06. The number of para-hydroxylation sites is 1. The third kappa shape index (κ3) is 6.50.